The molecule has 104 valence electrons. The second kappa shape index (κ2) is 4.82. The minimum atomic E-state index is -0.404. The lowest BCUT2D eigenvalue weighted by molar-refractivity contribution is -0.146. The Morgan fingerprint density at radius 2 is 2.20 bits per heavy atom. The number of rotatable bonds is 2. The van der Waals surface area contributed by atoms with Crippen molar-refractivity contribution in [2.75, 3.05) is 12.4 Å². The molecule has 1 N–H and O–H groups in total. The number of carbonyl (C=O) groups is 2. The zero-order chi connectivity index (χ0) is 14.3. The fraction of sp³-hybridized carbons (Fsp3) is 0.385. The van der Waals surface area contributed by atoms with E-state index in [1.54, 1.807) is 11.3 Å². The number of hydrogen-bond acceptors (Lipinski definition) is 6. The smallest absolute Gasteiger partial charge is 0.251 e. The van der Waals surface area contributed by atoms with Crippen molar-refractivity contribution in [3.63, 3.8) is 0 Å². The molecule has 1 aliphatic rings. The van der Waals surface area contributed by atoms with Gasteiger partial charge < -0.3 is 5.32 Å². The molecule has 6 nitrogen and oxygen atoms in total. The van der Waals surface area contributed by atoms with Crippen LogP contribution in [0.5, 0.6) is 0 Å². The van der Waals surface area contributed by atoms with Crippen LogP contribution in [0.2, 0.25) is 0 Å². The summed E-state index contributed by atoms with van der Waals surface area (Å²) in [4.78, 5) is 33.2. The van der Waals surface area contributed by atoms with Crippen molar-refractivity contribution in [1.29, 1.82) is 0 Å². The van der Waals surface area contributed by atoms with Gasteiger partial charge in [0.15, 0.2) is 0 Å². The van der Waals surface area contributed by atoms with Gasteiger partial charge in [-0.3, -0.25) is 14.5 Å². The number of thiophene rings is 1. The highest BCUT2D eigenvalue weighted by atomic mass is 32.1. The third-order valence-electron chi connectivity index (χ3n) is 3.49. The zero-order valence-corrected chi connectivity index (χ0v) is 12.0. The number of aryl methyl sites for hydroxylation is 1. The summed E-state index contributed by atoms with van der Waals surface area (Å²) in [6.45, 7) is 1.99. The molecule has 2 aromatic heterocycles. The maximum atomic E-state index is 12.1. The van der Waals surface area contributed by atoms with Crippen molar-refractivity contribution < 1.29 is 9.59 Å². The van der Waals surface area contributed by atoms with Crippen LogP contribution in [0.1, 0.15) is 18.4 Å². The molecule has 0 radical (unpaired) electrons. The van der Waals surface area contributed by atoms with Crippen molar-refractivity contribution in [2.45, 2.75) is 25.8 Å². The lowest BCUT2D eigenvalue weighted by Gasteiger charge is -2.28. The van der Waals surface area contributed by atoms with Crippen molar-refractivity contribution in [3.05, 3.63) is 17.3 Å². The average molecular weight is 290 g/mol. The molecule has 0 aliphatic carbocycles. The Kier molecular flexibility index (Phi) is 3.13. The molecule has 0 spiro atoms. The molecule has 2 amide bonds. The molecule has 2 aromatic rings. The highest BCUT2D eigenvalue weighted by molar-refractivity contribution is 7.18. The van der Waals surface area contributed by atoms with Gasteiger partial charge in [0, 0.05) is 13.5 Å². The number of imide groups is 1. The second-order valence-corrected chi connectivity index (χ2v) is 5.72. The van der Waals surface area contributed by atoms with E-state index < -0.39 is 6.04 Å². The van der Waals surface area contributed by atoms with Gasteiger partial charge in [-0.25, -0.2) is 9.97 Å². The molecule has 1 unspecified atom stereocenters. The van der Waals surface area contributed by atoms with E-state index in [1.807, 2.05) is 12.3 Å². The summed E-state index contributed by atoms with van der Waals surface area (Å²) in [5, 5.41) is 5.17. The van der Waals surface area contributed by atoms with Crippen molar-refractivity contribution >= 4 is 39.2 Å². The summed E-state index contributed by atoms with van der Waals surface area (Å²) in [7, 11) is 1.52. The summed E-state index contributed by atoms with van der Waals surface area (Å²) in [6.07, 6.45) is 2.36. The molecule has 20 heavy (non-hydrogen) atoms. The molecule has 0 saturated carbocycles. The van der Waals surface area contributed by atoms with E-state index in [9.17, 15) is 9.59 Å². The van der Waals surface area contributed by atoms with Gasteiger partial charge in [-0.1, -0.05) is 0 Å². The zero-order valence-electron chi connectivity index (χ0n) is 11.2. The maximum Gasteiger partial charge on any atom is 0.251 e. The first-order valence-corrected chi connectivity index (χ1v) is 7.21. The highest BCUT2D eigenvalue weighted by Gasteiger charge is 2.32. The van der Waals surface area contributed by atoms with E-state index in [1.165, 1.54) is 18.3 Å². The summed E-state index contributed by atoms with van der Waals surface area (Å²) < 4.78 is 0.942. The Hall–Kier alpha value is -2.02. The monoisotopic (exact) mass is 290 g/mol. The predicted molar refractivity (Wildman–Crippen MR) is 76.6 cm³/mol. The Morgan fingerprint density at radius 3 is 3.00 bits per heavy atom. The molecular weight excluding hydrogens is 276 g/mol. The lowest BCUT2D eigenvalue weighted by Crippen LogP contribution is -2.48. The van der Waals surface area contributed by atoms with Crippen LogP contribution < -0.4 is 5.32 Å². The Bertz CT molecular complexity index is 697. The van der Waals surface area contributed by atoms with Crippen LogP contribution in [0.15, 0.2) is 11.7 Å². The lowest BCUT2D eigenvalue weighted by atomic mass is 10.0. The fourth-order valence-electron chi connectivity index (χ4n) is 2.29. The van der Waals surface area contributed by atoms with E-state index in [-0.39, 0.29) is 11.8 Å². The van der Waals surface area contributed by atoms with E-state index in [0.29, 0.717) is 18.7 Å². The average Bonchev–Trinajstić information content (AvgIpc) is 2.82. The van der Waals surface area contributed by atoms with Crippen LogP contribution in [0.3, 0.4) is 0 Å². The number of carbonyl (C=O) groups excluding carboxylic acids is 2. The number of aromatic nitrogens is 2. The third kappa shape index (κ3) is 2.03. The van der Waals surface area contributed by atoms with Gasteiger partial charge in [-0.05, 0) is 24.3 Å². The highest BCUT2D eigenvalue weighted by Crippen LogP contribution is 2.29. The number of anilines is 1. The molecule has 7 heteroatoms. The summed E-state index contributed by atoms with van der Waals surface area (Å²) in [5.41, 5.74) is 2.00. The topological polar surface area (TPSA) is 75.2 Å². The number of hydrogen-bond donors (Lipinski definition) is 1. The van der Waals surface area contributed by atoms with Crippen LogP contribution in [0, 0.1) is 6.92 Å². The van der Waals surface area contributed by atoms with Gasteiger partial charge in [-0.15, -0.1) is 11.3 Å². The number of amides is 2. The molecule has 1 atom stereocenters. The quantitative estimate of drug-likeness (QED) is 0.850. The first-order valence-electron chi connectivity index (χ1n) is 6.33. The molecule has 1 fully saturated rings. The number of nitrogens with one attached hydrogen (secondary N) is 1. The van der Waals surface area contributed by atoms with Gasteiger partial charge >= 0.3 is 0 Å². The maximum absolute atomic E-state index is 12.1. The van der Waals surface area contributed by atoms with Gasteiger partial charge in [0.1, 0.15) is 18.2 Å². The molecule has 3 heterocycles. The number of fused-ring (bicyclic) bond motifs is 1. The van der Waals surface area contributed by atoms with E-state index in [2.05, 4.69) is 15.3 Å². The number of likely N-dealkylation sites (N-methyl/N-ethyl adjacent to an activating group) is 1. The molecule has 3 rings (SSSR count). The number of likely N-dealkylation sites (tertiary alicyclic amines) is 1. The third-order valence-corrected chi connectivity index (χ3v) is 4.59. The molecule has 1 aliphatic heterocycles. The van der Waals surface area contributed by atoms with Crippen molar-refractivity contribution in [3.8, 4) is 0 Å². The van der Waals surface area contributed by atoms with Crippen LogP contribution in [-0.2, 0) is 9.59 Å². The number of piperidine rings is 1. The molecular formula is C13H14N4O2S. The number of nitrogens with zero attached hydrogens (tertiary/aromatic N) is 3. The molecule has 0 aromatic carbocycles. The van der Waals surface area contributed by atoms with E-state index >= 15 is 0 Å². The summed E-state index contributed by atoms with van der Waals surface area (Å²) in [6, 6.07) is -0.404. The van der Waals surface area contributed by atoms with Crippen LogP contribution >= 0.6 is 11.3 Å². The van der Waals surface area contributed by atoms with E-state index in [0.717, 1.165) is 15.8 Å². The van der Waals surface area contributed by atoms with Gasteiger partial charge in [0.2, 0.25) is 5.91 Å². The minimum Gasteiger partial charge on any atom is -0.357 e. The first kappa shape index (κ1) is 13.0. The normalized spacial score (nSPS) is 19.7. The Labute approximate surface area is 119 Å². The largest absolute Gasteiger partial charge is 0.357 e. The van der Waals surface area contributed by atoms with Crippen LogP contribution in [-0.4, -0.2) is 39.8 Å². The minimum absolute atomic E-state index is 0.132. The van der Waals surface area contributed by atoms with Crippen molar-refractivity contribution in [1.82, 2.24) is 14.9 Å². The van der Waals surface area contributed by atoms with Crippen LogP contribution in [0.4, 0.5) is 5.82 Å². The standard InChI is InChI=1S/C13H14N4O2S/c1-7-5-20-11-10(7)14-6-15-12(11)16-8-3-4-9(18)17(2)13(8)19/h5-6,8H,3-4H2,1-2H3,(H,14,15,16). The van der Waals surface area contributed by atoms with E-state index in [4.69, 9.17) is 0 Å². The summed E-state index contributed by atoms with van der Waals surface area (Å²) >= 11 is 1.55. The van der Waals surface area contributed by atoms with Gasteiger partial charge in [0.25, 0.3) is 5.91 Å². The molecule has 1 saturated heterocycles. The van der Waals surface area contributed by atoms with Crippen molar-refractivity contribution in [2.24, 2.45) is 0 Å². The van der Waals surface area contributed by atoms with Gasteiger partial charge in [0.05, 0.1) is 10.2 Å². The SMILES string of the molecule is Cc1csc2c(NC3CCC(=O)N(C)C3=O)ncnc12. The molecule has 0 bridgehead atoms. The predicted octanol–water partition coefficient (Wildman–Crippen LogP) is 1.56. The Morgan fingerprint density at radius 1 is 1.40 bits per heavy atom. The van der Waals surface area contributed by atoms with Gasteiger partial charge in [-0.2, -0.15) is 0 Å². The fourth-order valence-corrected chi connectivity index (χ4v) is 3.24. The second-order valence-electron chi connectivity index (χ2n) is 4.85. The first-order chi connectivity index (χ1) is 9.58. The Balaban J connectivity index is 1.90. The summed E-state index contributed by atoms with van der Waals surface area (Å²) in [5.74, 6) is 0.323. The van der Waals surface area contributed by atoms with Crippen LogP contribution in [0.25, 0.3) is 10.2 Å².